The van der Waals surface area contributed by atoms with Gasteiger partial charge in [0.15, 0.2) is 5.76 Å². The van der Waals surface area contributed by atoms with Gasteiger partial charge in [0.25, 0.3) is 0 Å². The van der Waals surface area contributed by atoms with E-state index >= 15 is 0 Å². The van der Waals surface area contributed by atoms with Crippen LogP contribution in [-0.4, -0.2) is 36.7 Å². The highest BCUT2D eigenvalue weighted by Gasteiger charge is 2.26. The number of hydrogen-bond donors (Lipinski definition) is 0. The Bertz CT molecular complexity index is 1090. The lowest BCUT2D eigenvalue weighted by Crippen LogP contribution is -2.34. The van der Waals surface area contributed by atoms with Crippen molar-refractivity contribution in [3.8, 4) is 22.8 Å². The zero-order valence-electron chi connectivity index (χ0n) is 16.7. The second kappa shape index (κ2) is 8.63. The Labute approximate surface area is 179 Å². The number of benzene rings is 2. The van der Waals surface area contributed by atoms with Crippen molar-refractivity contribution < 1.29 is 18.8 Å². The highest BCUT2D eigenvalue weighted by atomic mass is 35.5. The summed E-state index contributed by atoms with van der Waals surface area (Å²) in [5.41, 5.74) is 3.56. The maximum absolute atomic E-state index is 12.7. The van der Waals surface area contributed by atoms with Gasteiger partial charge in [0, 0.05) is 40.4 Å². The molecule has 0 bridgehead atoms. The fourth-order valence-corrected chi connectivity index (χ4v) is 3.60. The van der Waals surface area contributed by atoms with E-state index in [2.05, 4.69) is 5.16 Å². The van der Waals surface area contributed by atoms with Crippen molar-refractivity contribution in [3.05, 3.63) is 70.4 Å². The molecule has 0 atom stereocenters. The lowest BCUT2D eigenvalue weighted by atomic mass is 10.0. The lowest BCUT2D eigenvalue weighted by Gasteiger charge is -2.24. The molecule has 2 heterocycles. The van der Waals surface area contributed by atoms with Crippen LogP contribution in [0.5, 0.6) is 11.5 Å². The molecule has 3 aromatic rings. The molecule has 30 heavy (non-hydrogen) atoms. The topological polar surface area (TPSA) is 64.8 Å². The molecule has 1 aliphatic heterocycles. The summed E-state index contributed by atoms with van der Waals surface area (Å²) >= 11 is 5.97. The van der Waals surface area contributed by atoms with E-state index < -0.39 is 0 Å². The molecule has 0 radical (unpaired) electrons. The number of carbonyl (C=O) groups excluding carboxylic acids is 1. The number of aromatic nitrogens is 1. The first kappa shape index (κ1) is 20.0. The molecule has 0 spiro atoms. The summed E-state index contributed by atoms with van der Waals surface area (Å²) < 4.78 is 16.2. The Kier molecular flexibility index (Phi) is 5.77. The number of rotatable bonds is 5. The van der Waals surface area contributed by atoms with Crippen LogP contribution in [0.4, 0.5) is 0 Å². The minimum atomic E-state index is -0.0884. The quantitative estimate of drug-likeness (QED) is 0.559. The summed E-state index contributed by atoms with van der Waals surface area (Å²) in [5.74, 6) is 1.99. The monoisotopic (exact) mass is 424 g/mol. The SMILES string of the molecule is COc1ccc(/C=C/C(=O)N2CCc3c(noc3-c3ccc(Cl)cc3)C2)c(OC)c1. The van der Waals surface area contributed by atoms with Crippen LogP contribution in [0, 0.1) is 0 Å². The van der Waals surface area contributed by atoms with E-state index in [0.717, 1.165) is 28.1 Å². The molecular weight excluding hydrogens is 404 g/mol. The minimum Gasteiger partial charge on any atom is -0.497 e. The Hall–Kier alpha value is -3.25. The van der Waals surface area contributed by atoms with Gasteiger partial charge in [-0.3, -0.25) is 4.79 Å². The first-order valence-electron chi connectivity index (χ1n) is 9.51. The molecule has 1 aliphatic rings. The molecule has 0 unspecified atom stereocenters. The maximum Gasteiger partial charge on any atom is 0.246 e. The molecule has 2 aromatic carbocycles. The number of carbonyl (C=O) groups is 1. The zero-order chi connectivity index (χ0) is 21.1. The van der Waals surface area contributed by atoms with Crippen molar-refractivity contribution in [2.24, 2.45) is 0 Å². The number of nitrogens with zero attached hydrogens (tertiary/aromatic N) is 2. The van der Waals surface area contributed by atoms with Crippen molar-refractivity contribution in [2.75, 3.05) is 20.8 Å². The summed E-state index contributed by atoms with van der Waals surface area (Å²) in [6.45, 7) is 1.01. The molecule has 1 aromatic heterocycles. The summed E-state index contributed by atoms with van der Waals surface area (Å²) in [6.07, 6.45) is 3.98. The van der Waals surface area contributed by atoms with Gasteiger partial charge in [-0.25, -0.2) is 0 Å². The Morgan fingerprint density at radius 1 is 1.17 bits per heavy atom. The van der Waals surface area contributed by atoms with E-state index in [1.807, 2.05) is 36.4 Å². The van der Waals surface area contributed by atoms with E-state index in [9.17, 15) is 4.79 Å². The van der Waals surface area contributed by atoms with Gasteiger partial charge >= 0.3 is 0 Å². The van der Waals surface area contributed by atoms with Crippen LogP contribution < -0.4 is 9.47 Å². The highest BCUT2D eigenvalue weighted by molar-refractivity contribution is 6.30. The van der Waals surface area contributed by atoms with Gasteiger partial charge in [0.1, 0.15) is 17.2 Å². The first-order valence-corrected chi connectivity index (χ1v) is 9.89. The van der Waals surface area contributed by atoms with Crippen molar-refractivity contribution in [3.63, 3.8) is 0 Å². The predicted octanol–water partition coefficient (Wildman–Crippen LogP) is 4.61. The van der Waals surface area contributed by atoms with Crippen molar-refractivity contribution >= 4 is 23.6 Å². The third-order valence-corrected chi connectivity index (χ3v) is 5.36. The van der Waals surface area contributed by atoms with Crippen LogP contribution >= 0.6 is 11.6 Å². The first-order chi connectivity index (χ1) is 14.6. The molecule has 1 amide bonds. The average Bonchev–Trinajstić information content (AvgIpc) is 3.21. The van der Waals surface area contributed by atoms with Gasteiger partial charge in [-0.1, -0.05) is 16.8 Å². The molecule has 154 valence electrons. The number of halogens is 1. The predicted molar refractivity (Wildman–Crippen MR) is 115 cm³/mol. The molecular formula is C23H21ClN2O4. The number of ether oxygens (including phenoxy) is 2. The van der Waals surface area contributed by atoms with Gasteiger partial charge in [-0.05, 0) is 48.9 Å². The van der Waals surface area contributed by atoms with E-state index in [4.69, 9.17) is 25.6 Å². The van der Waals surface area contributed by atoms with Crippen LogP contribution in [0.1, 0.15) is 16.8 Å². The third-order valence-electron chi connectivity index (χ3n) is 5.11. The third kappa shape index (κ3) is 4.04. The summed E-state index contributed by atoms with van der Waals surface area (Å²) in [7, 11) is 3.18. The zero-order valence-corrected chi connectivity index (χ0v) is 17.5. The second-order valence-corrected chi connectivity index (χ2v) is 7.33. The highest BCUT2D eigenvalue weighted by Crippen LogP contribution is 2.31. The summed E-state index contributed by atoms with van der Waals surface area (Å²) in [4.78, 5) is 14.5. The molecule has 4 rings (SSSR count). The van der Waals surface area contributed by atoms with Gasteiger partial charge in [-0.15, -0.1) is 0 Å². The van der Waals surface area contributed by atoms with Crippen LogP contribution in [0.2, 0.25) is 5.02 Å². The van der Waals surface area contributed by atoms with Crippen LogP contribution in [-0.2, 0) is 17.8 Å². The Balaban J connectivity index is 1.48. The second-order valence-electron chi connectivity index (χ2n) is 6.89. The van der Waals surface area contributed by atoms with E-state index in [1.54, 1.807) is 37.3 Å². The molecule has 0 aliphatic carbocycles. The van der Waals surface area contributed by atoms with Crippen LogP contribution in [0.3, 0.4) is 0 Å². The summed E-state index contributed by atoms with van der Waals surface area (Å²) in [6, 6.07) is 12.9. The lowest BCUT2D eigenvalue weighted by molar-refractivity contribution is -0.126. The normalized spacial score (nSPS) is 13.4. The fourth-order valence-electron chi connectivity index (χ4n) is 3.47. The Morgan fingerprint density at radius 3 is 2.70 bits per heavy atom. The average molecular weight is 425 g/mol. The van der Waals surface area contributed by atoms with Crippen molar-refractivity contribution in [1.29, 1.82) is 0 Å². The smallest absolute Gasteiger partial charge is 0.246 e. The van der Waals surface area contributed by atoms with Crippen molar-refractivity contribution in [1.82, 2.24) is 10.1 Å². The van der Waals surface area contributed by atoms with Crippen molar-refractivity contribution in [2.45, 2.75) is 13.0 Å². The standard InChI is InChI=1S/C23H21ClN2O4/c1-28-18-9-5-15(21(13-18)29-2)6-10-22(27)26-12-11-19-20(14-26)25-30-23(19)16-3-7-17(24)8-4-16/h3-10,13H,11-12,14H2,1-2H3/b10-6+. The fraction of sp³-hybridized carbons (Fsp3) is 0.217. The van der Waals surface area contributed by atoms with E-state index in [0.29, 0.717) is 36.0 Å². The van der Waals surface area contributed by atoms with Gasteiger partial charge in [0.2, 0.25) is 5.91 Å². The number of amides is 1. The largest absolute Gasteiger partial charge is 0.497 e. The maximum atomic E-state index is 12.7. The van der Waals surface area contributed by atoms with Crippen LogP contribution in [0.25, 0.3) is 17.4 Å². The minimum absolute atomic E-state index is 0.0884. The molecule has 6 nitrogen and oxygen atoms in total. The number of methoxy groups -OCH3 is 2. The molecule has 0 saturated carbocycles. The molecule has 7 heteroatoms. The molecule has 0 fully saturated rings. The van der Waals surface area contributed by atoms with Crippen LogP contribution in [0.15, 0.2) is 53.1 Å². The Morgan fingerprint density at radius 2 is 1.97 bits per heavy atom. The molecule has 0 saturated heterocycles. The van der Waals surface area contributed by atoms with Gasteiger partial charge < -0.3 is 18.9 Å². The van der Waals surface area contributed by atoms with Gasteiger partial charge in [-0.2, -0.15) is 0 Å². The van der Waals surface area contributed by atoms with Gasteiger partial charge in [0.05, 0.1) is 20.8 Å². The molecule has 0 N–H and O–H groups in total. The number of fused-ring (bicyclic) bond motifs is 1. The van der Waals surface area contributed by atoms with E-state index in [1.165, 1.54) is 0 Å². The van der Waals surface area contributed by atoms with E-state index in [-0.39, 0.29) is 5.91 Å². The number of hydrogen-bond acceptors (Lipinski definition) is 5. The summed E-state index contributed by atoms with van der Waals surface area (Å²) in [5, 5.41) is 4.86.